The minimum Gasteiger partial charge on any atom is -0.496 e. The number of hydrogen-bond donors (Lipinski definition) is 1. The predicted molar refractivity (Wildman–Crippen MR) is 150 cm³/mol. The average Bonchev–Trinajstić information content (AvgIpc) is 3.35. The summed E-state index contributed by atoms with van der Waals surface area (Å²) >= 11 is 0. The molecule has 0 aliphatic carbocycles. The summed E-state index contributed by atoms with van der Waals surface area (Å²) in [4.78, 5) is 14.2. The van der Waals surface area contributed by atoms with Gasteiger partial charge in [-0.15, -0.1) is 0 Å². The number of fused-ring (bicyclic) bond motifs is 1. The Morgan fingerprint density at radius 1 is 0.838 bits per heavy atom. The second kappa shape index (κ2) is 9.59. The Hall–Kier alpha value is -4.36. The van der Waals surface area contributed by atoms with Crippen LogP contribution in [0.4, 0.5) is 11.5 Å². The molecule has 186 valence electrons. The highest BCUT2D eigenvalue weighted by Gasteiger charge is 2.20. The van der Waals surface area contributed by atoms with Crippen molar-refractivity contribution in [3.63, 3.8) is 0 Å². The lowest BCUT2D eigenvalue weighted by Crippen LogP contribution is -2.44. The number of rotatable bonds is 5. The lowest BCUT2D eigenvalue weighted by atomic mass is 10.0. The number of aromatic nitrogens is 3. The van der Waals surface area contributed by atoms with Crippen molar-refractivity contribution in [2.75, 3.05) is 51.0 Å². The third-order valence-corrected chi connectivity index (χ3v) is 7.14. The Kier molecular flexibility index (Phi) is 5.98. The van der Waals surface area contributed by atoms with Crippen molar-refractivity contribution >= 4 is 17.0 Å². The van der Waals surface area contributed by atoms with Crippen LogP contribution >= 0.6 is 0 Å². The number of benzene rings is 3. The summed E-state index contributed by atoms with van der Waals surface area (Å²) in [6, 6.07) is 25.0. The SMILES string of the molecule is COc1cc(-c2nc(-c3ccc(N4CCN(C)CC4)cc3)n3ccnc(N)c23)ccc1-c1ccccc1. The Morgan fingerprint density at radius 2 is 1.57 bits per heavy atom. The van der Waals surface area contributed by atoms with Crippen molar-refractivity contribution in [1.82, 2.24) is 19.3 Å². The van der Waals surface area contributed by atoms with Crippen LogP contribution in [-0.4, -0.2) is 59.6 Å². The number of anilines is 2. The Morgan fingerprint density at radius 3 is 2.30 bits per heavy atom. The largest absolute Gasteiger partial charge is 0.496 e. The van der Waals surface area contributed by atoms with Crippen LogP contribution < -0.4 is 15.4 Å². The van der Waals surface area contributed by atoms with Gasteiger partial charge in [0.2, 0.25) is 0 Å². The van der Waals surface area contributed by atoms with Crippen LogP contribution in [0.25, 0.3) is 39.3 Å². The Bertz CT molecular complexity index is 1540. The predicted octanol–water partition coefficient (Wildman–Crippen LogP) is 5.07. The molecule has 0 unspecified atom stereocenters. The van der Waals surface area contributed by atoms with Gasteiger partial charge in [0.15, 0.2) is 0 Å². The monoisotopic (exact) mass is 490 g/mol. The van der Waals surface area contributed by atoms with Crippen LogP contribution in [0.2, 0.25) is 0 Å². The number of piperazine rings is 1. The van der Waals surface area contributed by atoms with Gasteiger partial charge >= 0.3 is 0 Å². The Balaban J connectivity index is 1.41. The first-order valence-electron chi connectivity index (χ1n) is 12.5. The highest BCUT2D eigenvalue weighted by molar-refractivity contribution is 5.89. The molecule has 0 spiro atoms. The van der Waals surface area contributed by atoms with Crippen LogP contribution in [0.15, 0.2) is 85.2 Å². The molecule has 3 aromatic carbocycles. The second-order valence-electron chi connectivity index (χ2n) is 9.43. The quantitative estimate of drug-likeness (QED) is 0.371. The molecule has 1 aliphatic rings. The van der Waals surface area contributed by atoms with Crippen molar-refractivity contribution in [3.05, 3.63) is 85.2 Å². The molecule has 2 aromatic heterocycles. The van der Waals surface area contributed by atoms with E-state index < -0.39 is 0 Å². The molecule has 0 bridgehead atoms. The summed E-state index contributed by atoms with van der Waals surface area (Å²) in [6.45, 7) is 4.23. The number of imidazole rings is 1. The fourth-order valence-electron chi connectivity index (χ4n) is 5.05. The Labute approximate surface area is 216 Å². The van der Waals surface area contributed by atoms with Crippen LogP contribution in [0.5, 0.6) is 5.75 Å². The van der Waals surface area contributed by atoms with E-state index in [2.05, 4.69) is 70.4 Å². The third-order valence-electron chi connectivity index (χ3n) is 7.14. The topological polar surface area (TPSA) is 71.9 Å². The molecule has 3 heterocycles. The summed E-state index contributed by atoms with van der Waals surface area (Å²) in [5.41, 5.74) is 13.3. The van der Waals surface area contributed by atoms with Gasteiger partial charge in [-0.25, -0.2) is 9.97 Å². The first kappa shape index (κ1) is 23.1. The van der Waals surface area contributed by atoms with Crippen molar-refractivity contribution < 1.29 is 4.74 Å². The maximum absolute atomic E-state index is 6.40. The molecule has 6 rings (SSSR count). The van der Waals surface area contributed by atoms with E-state index >= 15 is 0 Å². The number of ether oxygens (including phenoxy) is 1. The van der Waals surface area contributed by atoms with Crippen molar-refractivity contribution in [2.24, 2.45) is 0 Å². The van der Waals surface area contributed by atoms with E-state index in [1.807, 2.05) is 34.9 Å². The van der Waals surface area contributed by atoms with Gasteiger partial charge < -0.3 is 20.3 Å². The fraction of sp³-hybridized carbons (Fsp3) is 0.200. The standard InChI is InChI=1S/C30H30N6O/c1-34-16-18-35(19-17-34)24-11-8-22(9-12-24)30-33-27(28-29(31)32-14-15-36(28)30)23-10-13-25(26(20-23)37-2)21-6-4-3-5-7-21/h3-15,20H,16-19H2,1-2H3,(H2,31,32). The van der Waals surface area contributed by atoms with Gasteiger partial charge in [0.05, 0.1) is 7.11 Å². The number of nitrogens with two attached hydrogens (primary N) is 1. The summed E-state index contributed by atoms with van der Waals surface area (Å²) in [5, 5.41) is 0. The third kappa shape index (κ3) is 4.27. The summed E-state index contributed by atoms with van der Waals surface area (Å²) in [6.07, 6.45) is 3.64. The molecular formula is C30H30N6O. The molecule has 7 nitrogen and oxygen atoms in total. The molecule has 7 heteroatoms. The van der Waals surface area contributed by atoms with E-state index in [0.29, 0.717) is 5.82 Å². The smallest absolute Gasteiger partial charge is 0.150 e. The van der Waals surface area contributed by atoms with E-state index in [9.17, 15) is 0 Å². The first-order valence-corrected chi connectivity index (χ1v) is 12.5. The highest BCUT2D eigenvalue weighted by Crippen LogP contribution is 2.37. The van der Waals surface area contributed by atoms with E-state index in [-0.39, 0.29) is 0 Å². The van der Waals surface area contributed by atoms with Gasteiger partial charge in [0.1, 0.15) is 28.6 Å². The minimum atomic E-state index is 0.441. The van der Waals surface area contributed by atoms with Crippen LogP contribution in [0, 0.1) is 0 Å². The number of methoxy groups -OCH3 is 1. The fourth-order valence-corrected chi connectivity index (χ4v) is 5.05. The van der Waals surface area contributed by atoms with Crippen LogP contribution in [0.3, 0.4) is 0 Å². The maximum atomic E-state index is 6.40. The van der Waals surface area contributed by atoms with Crippen molar-refractivity contribution in [1.29, 1.82) is 0 Å². The number of nitrogen functional groups attached to an aromatic ring is 1. The molecule has 0 amide bonds. The summed E-state index contributed by atoms with van der Waals surface area (Å²) in [5.74, 6) is 2.05. The molecule has 5 aromatic rings. The van der Waals surface area contributed by atoms with Gasteiger partial charge in [-0.05, 0) is 49.0 Å². The first-order chi connectivity index (χ1) is 18.1. The van der Waals surface area contributed by atoms with Gasteiger partial charge in [-0.2, -0.15) is 0 Å². The van der Waals surface area contributed by atoms with E-state index in [0.717, 1.165) is 71.2 Å². The number of likely N-dealkylation sites (N-methyl/N-ethyl adjacent to an activating group) is 1. The van der Waals surface area contributed by atoms with Crippen LogP contribution in [-0.2, 0) is 0 Å². The van der Waals surface area contributed by atoms with Gasteiger partial charge in [0, 0.05) is 61.0 Å². The number of nitrogens with zero attached hydrogens (tertiary/aromatic N) is 5. The summed E-state index contributed by atoms with van der Waals surface area (Å²) < 4.78 is 7.81. The molecule has 2 N–H and O–H groups in total. The van der Waals surface area contributed by atoms with Gasteiger partial charge in [-0.1, -0.05) is 36.4 Å². The van der Waals surface area contributed by atoms with Crippen molar-refractivity contribution in [3.8, 4) is 39.5 Å². The molecular weight excluding hydrogens is 460 g/mol. The molecule has 1 saturated heterocycles. The molecule has 0 saturated carbocycles. The maximum Gasteiger partial charge on any atom is 0.150 e. The zero-order valence-corrected chi connectivity index (χ0v) is 21.1. The molecule has 0 radical (unpaired) electrons. The van der Waals surface area contributed by atoms with E-state index in [1.54, 1.807) is 13.3 Å². The normalized spacial score (nSPS) is 14.3. The molecule has 1 fully saturated rings. The van der Waals surface area contributed by atoms with Gasteiger partial charge in [-0.3, -0.25) is 4.40 Å². The minimum absolute atomic E-state index is 0.441. The molecule has 37 heavy (non-hydrogen) atoms. The summed E-state index contributed by atoms with van der Waals surface area (Å²) in [7, 11) is 3.87. The van der Waals surface area contributed by atoms with E-state index in [4.69, 9.17) is 15.5 Å². The highest BCUT2D eigenvalue weighted by atomic mass is 16.5. The lowest BCUT2D eigenvalue weighted by molar-refractivity contribution is 0.313. The lowest BCUT2D eigenvalue weighted by Gasteiger charge is -2.34. The molecule has 0 atom stereocenters. The average molecular weight is 491 g/mol. The molecule has 1 aliphatic heterocycles. The van der Waals surface area contributed by atoms with Crippen molar-refractivity contribution in [2.45, 2.75) is 0 Å². The zero-order valence-electron chi connectivity index (χ0n) is 21.1. The number of hydrogen-bond acceptors (Lipinski definition) is 6. The van der Waals surface area contributed by atoms with Gasteiger partial charge in [0.25, 0.3) is 0 Å². The zero-order chi connectivity index (χ0) is 25.4. The van der Waals surface area contributed by atoms with Crippen LogP contribution in [0.1, 0.15) is 0 Å². The second-order valence-corrected chi connectivity index (χ2v) is 9.43. The van der Waals surface area contributed by atoms with E-state index in [1.165, 1.54) is 5.69 Å².